The number of rotatable bonds is 8. The fraction of sp³-hybridized carbons (Fsp3) is 0.192. The molecule has 3 aromatic carbocycles. The first-order chi connectivity index (χ1) is 15.1. The molecule has 1 amide bonds. The quantitative estimate of drug-likeness (QED) is 0.421. The maximum Gasteiger partial charge on any atom is 0.291 e. The van der Waals surface area contributed by atoms with Crippen LogP contribution in [-0.4, -0.2) is 31.4 Å². The molecule has 0 atom stereocenters. The summed E-state index contributed by atoms with van der Waals surface area (Å²) in [5.74, 6) is 0.727. The van der Waals surface area contributed by atoms with Crippen LogP contribution in [0, 0.1) is 0 Å². The van der Waals surface area contributed by atoms with Crippen LogP contribution in [0.25, 0.3) is 11.0 Å². The van der Waals surface area contributed by atoms with Gasteiger partial charge >= 0.3 is 0 Å². The molecule has 0 fully saturated rings. The Bertz CT molecular complexity index is 1150. The van der Waals surface area contributed by atoms with Crippen LogP contribution in [0.3, 0.4) is 0 Å². The van der Waals surface area contributed by atoms with Crippen molar-refractivity contribution in [1.29, 1.82) is 0 Å². The number of hydrogen-bond donors (Lipinski definition) is 1. The van der Waals surface area contributed by atoms with E-state index in [1.165, 1.54) is 5.56 Å². The average molecular weight is 415 g/mol. The Labute approximate surface area is 182 Å². The molecule has 158 valence electrons. The largest absolute Gasteiger partial charge is 0.489 e. The van der Waals surface area contributed by atoms with Crippen molar-refractivity contribution in [3.05, 3.63) is 95.7 Å². The van der Waals surface area contributed by atoms with E-state index in [1.54, 1.807) is 0 Å². The van der Waals surface area contributed by atoms with Crippen LogP contribution in [0.2, 0.25) is 0 Å². The molecule has 5 nitrogen and oxygen atoms in total. The first kappa shape index (κ1) is 20.7. The summed E-state index contributed by atoms with van der Waals surface area (Å²) in [6.07, 6.45) is 0.964. The minimum atomic E-state index is -0.288. The van der Waals surface area contributed by atoms with Gasteiger partial charge in [-0.25, -0.2) is 0 Å². The second-order valence-electron chi connectivity index (χ2n) is 7.71. The number of likely N-dealkylation sites (N-methyl/N-ethyl adjacent to an activating group) is 1. The molecule has 0 radical (unpaired) electrons. The zero-order valence-corrected chi connectivity index (χ0v) is 17.8. The minimum absolute atomic E-state index is 0.243. The summed E-state index contributed by atoms with van der Waals surface area (Å²) in [5, 5.41) is 3.83. The molecule has 1 N–H and O–H groups in total. The van der Waals surface area contributed by atoms with Gasteiger partial charge in [-0.15, -0.1) is 0 Å². The summed E-state index contributed by atoms with van der Waals surface area (Å²) in [4.78, 5) is 15.2. The van der Waals surface area contributed by atoms with Gasteiger partial charge in [-0.1, -0.05) is 48.5 Å². The Hall–Kier alpha value is -3.57. The molecule has 0 saturated heterocycles. The highest BCUT2D eigenvalue weighted by molar-refractivity contribution is 6.06. The van der Waals surface area contributed by atoms with Gasteiger partial charge in [-0.2, -0.15) is 0 Å². The summed E-state index contributed by atoms with van der Waals surface area (Å²) in [6, 6.07) is 25.1. The van der Waals surface area contributed by atoms with Gasteiger partial charge in [0, 0.05) is 23.2 Å². The van der Waals surface area contributed by atoms with E-state index in [4.69, 9.17) is 9.15 Å². The van der Waals surface area contributed by atoms with E-state index in [-0.39, 0.29) is 18.3 Å². The number of benzene rings is 3. The zero-order chi connectivity index (χ0) is 21.6. The highest BCUT2D eigenvalue weighted by atomic mass is 16.5. The van der Waals surface area contributed by atoms with Crippen molar-refractivity contribution in [2.24, 2.45) is 0 Å². The third-order valence-electron chi connectivity index (χ3n) is 5.09. The smallest absolute Gasteiger partial charge is 0.291 e. The number of fused-ring (bicyclic) bond motifs is 1. The van der Waals surface area contributed by atoms with Crippen molar-refractivity contribution in [2.45, 2.75) is 13.0 Å². The third-order valence-corrected chi connectivity index (χ3v) is 5.09. The highest BCUT2D eigenvalue weighted by Gasteiger charge is 2.21. The first-order valence-corrected chi connectivity index (χ1v) is 10.3. The maximum absolute atomic E-state index is 13.0. The third kappa shape index (κ3) is 5.13. The van der Waals surface area contributed by atoms with Gasteiger partial charge in [0.1, 0.15) is 17.9 Å². The number of anilines is 1. The zero-order valence-electron chi connectivity index (χ0n) is 17.8. The molecule has 1 aromatic heterocycles. The van der Waals surface area contributed by atoms with Gasteiger partial charge in [0.05, 0.1) is 0 Å². The Morgan fingerprint density at radius 3 is 2.39 bits per heavy atom. The summed E-state index contributed by atoms with van der Waals surface area (Å²) in [6.45, 7) is 1.22. The average Bonchev–Trinajstić information content (AvgIpc) is 3.17. The monoisotopic (exact) mass is 414 g/mol. The van der Waals surface area contributed by atoms with Gasteiger partial charge in [0.15, 0.2) is 5.76 Å². The Kier molecular flexibility index (Phi) is 6.34. The lowest BCUT2D eigenvalue weighted by atomic mass is 10.1. The molecular formula is C26H26N2O3. The van der Waals surface area contributed by atoms with E-state index in [0.717, 1.165) is 35.4 Å². The molecule has 0 aliphatic carbocycles. The molecule has 0 bridgehead atoms. The standard InChI is InChI=1S/C26H26N2O3/c1-28(2)17-16-19-12-14-20(15-13-19)27-26(29)25-23(18-30-21-8-4-3-5-9-21)22-10-6-7-11-24(22)31-25/h3-15H,16-18H2,1-2H3,(H,27,29). The topological polar surface area (TPSA) is 54.7 Å². The maximum atomic E-state index is 13.0. The van der Waals surface area contributed by atoms with Crippen LogP contribution in [0.5, 0.6) is 5.75 Å². The van der Waals surface area contributed by atoms with Crippen LogP contribution in [0.1, 0.15) is 21.7 Å². The molecule has 4 aromatic rings. The predicted octanol–water partition coefficient (Wildman–Crippen LogP) is 5.37. The van der Waals surface area contributed by atoms with Crippen molar-refractivity contribution in [1.82, 2.24) is 4.90 Å². The summed E-state index contributed by atoms with van der Waals surface area (Å²) in [5.41, 5.74) is 3.36. The highest BCUT2D eigenvalue weighted by Crippen LogP contribution is 2.28. The van der Waals surface area contributed by atoms with E-state index < -0.39 is 0 Å². The predicted molar refractivity (Wildman–Crippen MR) is 124 cm³/mol. The lowest BCUT2D eigenvalue weighted by Crippen LogP contribution is -2.15. The molecule has 31 heavy (non-hydrogen) atoms. The van der Waals surface area contributed by atoms with E-state index in [2.05, 4.69) is 24.3 Å². The molecule has 0 unspecified atom stereocenters. The van der Waals surface area contributed by atoms with Crippen molar-refractivity contribution >= 4 is 22.6 Å². The van der Waals surface area contributed by atoms with E-state index in [9.17, 15) is 4.79 Å². The number of para-hydroxylation sites is 2. The van der Waals surface area contributed by atoms with Crippen molar-refractivity contribution < 1.29 is 13.9 Å². The lowest BCUT2D eigenvalue weighted by Gasteiger charge is -2.10. The first-order valence-electron chi connectivity index (χ1n) is 10.3. The fourth-order valence-electron chi connectivity index (χ4n) is 3.39. The molecule has 0 saturated carbocycles. The number of amides is 1. The summed E-state index contributed by atoms with van der Waals surface area (Å²) < 4.78 is 11.8. The van der Waals surface area contributed by atoms with E-state index >= 15 is 0 Å². The van der Waals surface area contributed by atoms with Gasteiger partial charge in [0.25, 0.3) is 5.91 Å². The normalized spacial score (nSPS) is 11.1. The van der Waals surface area contributed by atoms with Crippen molar-refractivity contribution in [3.8, 4) is 5.75 Å². The molecular weight excluding hydrogens is 388 g/mol. The Morgan fingerprint density at radius 1 is 0.935 bits per heavy atom. The summed E-state index contributed by atoms with van der Waals surface area (Å²) >= 11 is 0. The van der Waals surface area contributed by atoms with Crippen LogP contribution < -0.4 is 10.1 Å². The second-order valence-corrected chi connectivity index (χ2v) is 7.71. The fourth-order valence-corrected chi connectivity index (χ4v) is 3.39. The van der Waals surface area contributed by atoms with Crippen molar-refractivity contribution in [3.63, 3.8) is 0 Å². The molecule has 0 spiro atoms. The Balaban J connectivity index is 1.53. The van der Waals surface area contributed by atoms with Crippen LogP contribution in [-0.2, 0) is 13.0 Å². The van der Waals surface area contributed by atoms with E-state index in [0.29, 0.717) is 5.58 Å². The van der Waals surface area contributed by atoms with Crippen LogP contribution in [0.15, 0.2) is 83.3 Å². The van der Waals surface area contributed by atoms with Gasteiger partial charge in [0.2, 0.25) is 0 Å². The SMILES string of the molecule is CN(C)CCc1ccc(NC(=O)c2oc3ccccc3c2COc2ccccc2)cc1. The van der Waals surface area contributed by atoms with Gasteiger partial charge < -0.3 is 19.4 Å². The molecule has 4 rings (SSSR count). The molecule has 0 aliphatic heterocycles. The van der Waals surface area contributed by atoms with Crippen molar-refractivity contribution in [2.75, 3.05) is 26.0 Å². The molecule has 0 aliphatic rings. The number of ether oxygens (including phenoxy) is 1. The van der Waals surface area contributed by atoms with E-state index in [1.807, 2.05) is 78.9 Å². The number of furan rings is 1. The molecule has 5 heteroatoms. The second kappa shape index (κ2) is 9.49. The number of nitrogens with one attached hydrogen (secondary N) is 1. The number of carbonyl (C=O) groups is 1. The van der Waals surface area contributed by atoms with Crippen LogP contribution >= 0.6 is 0 Å². The summed E-state index contributed by atoms with van der Waals surface area (Å²) in [7, 11) is 4.11. The number of hydrogen-bond acceptors (Lipinski definition) is 4. The van der Waals surface area contributed by atoms with Gasteiger partial charge in [-0.3, -0.25) is 4.79 Å². The van der Waals surface area contributed by atoms with Gasteiger partial charge in [-0.05, 0) is 56.4 Å². The number of nitrogens with zero attached hydrogens (tertiary/aromatic N) is 1. The van der Waals surface area contributed by atoms with Crippen LogP contribution in [0.4, 0.5) is 5.69 Å². The molecule has 1 heterocycles. The minimum Gasteiger partial charge on any atom is -0.489 e. The number of carbonyl (C=O) groups excluding carboxylic acids is 1. The lowest BCUT2D eigenvalue weighted by molar-refractivity contribution is 0.0995. The Morgan fingerprint density at radius 2 is 1.65 bits per heavy atom.